The molecule has 0 amide bonds. The van der Waals surface area contributed by atoms with Crippen molar-refractivity contribution in [3.05, 3.63) is 0 Å². The molecule has 0 spiro atoms. The Morgan fingerprint density at radius 3 is 1.67 bits per heavy atom. The lowest BCUT2D eigenvalue weighted by atomic mass is 10.3. The molecule has 0 saturated carbocycles. The van der Waals surface area contributed by atoms with Crippen molar-refractivity contribution < 1.29 is 4.57 Å². The van der Waals surface area contributed by atoms with Gasteiger partial charge in [0.25, 0.3) is 5.85 Å². The largest absolute Gasteiger partial charge is 0.289 e. The Morgan fingerprint density at radius 1 is 1.33 bits per heavy atom. The van der Waals surface area contributed by atoms with Gasteiger partial charge in [0.05, 0.1) is 0 Å². The van der Waals surface area contributed by atoms with E-state index in [1.165, 1.54) is 0 Å². The van der Waals surface area contributed by atoms with Crippen LogP contribution in [0.3, 0.4) is 0 Å². The molecule has 0 aliphatic heterocycles. The second-order valence-electron chi connectivity index (χ2n) is 1.97. The van der Waals surface area contributed by atoms with E-state index in [0.717, 1.165) is 12.8 Å². The molecule has 56 valence electrons. The smallest absolute Gasteiger partial charge is 0.256 e. The van der Waals surface area contributed by atoms with Crippen molar-refractivity contribution >= 4 is 28.3 Å². The third kappa shape index (κ3) is 3.50. The molecule has 0 radical (unpaired) electrons. The van der Waals surface area contributed by atoms with E-state index < -0.39 is 5.85 Å². The Hall–Kier alpha value is 0.810. The highest BCUT2D eigenvalue weighted by Crippen LogP contribution is 2.62. The predicted molar refractivity (Wildman–Crippen MR) is 43.7 cm³/mol. The van der Waals surface area contributed by atoms with Gasteiger partial charge < -0.3 is 0 Å². The molecule has 0 unspecified atom stereocenters. The average molecular weight is 189 g/mol. The van der Waals surface area contributed by atoms with Gasteiger partial charge in [0.15, 0.2) is 0 Å². The lowest BCUT2D eigenvalue weighted by molar-refractivity contribution is 0.578. The van der Waals surface area contributed by atoms with Crippen LogP contribution in [-0.4, -0.2) is 5.66 Å². The minimum atomic E-state index is -2.83. The van der Waals surface area contributed by atoms with Crippen LogP contribution in [-0.2, 0) is 4.57 Å². The van der Waals surface area contributed by atoms with Crippen LogP contribution in [0.5, 0.6) is 0 Å². The molecule has 0 aliphatic carbocycles. The monoisotopic (exact) mass is 188 g/mol. The van der Waals surface area contributed by atoms with Gasteiger partial charge in [-0.3, -0.25) is 4.57 Å². The fraction of sp³-hybridized carbons (Fsp3) is 1.00. The first-order valence-corrected chi connectivity index (χ1v) is 6.60. The maximum absolute atomic E-state index is 10.9. The molecule has 1 nitrogen and oxygen atoms in total. The first-order chi connectivity index (χ1) is 4.02. The predicted octanol–water partition coefficient (Wildman–Crippen LogP) is 3.85. The summed E-state index contributed by atoms with van der Waals surface area (Å²) in [5, 5.41) is 0. The topological polar surface area (TPSA) is 17.1 Å². The summed E-state index contributed by atoms with van der Waals surface area (Å²) >= 11 is 10.8. The number of rotatable bonds is 3. The van der Waals surface area contributed by atoms with E-state index in [1.54, 1.807) is 0 Å². The summed E-state index contributed by atoms with van der Waals surface area (Å²) in [6, 6.07) is 0. The van der Waals surface area contributed by atoms with Crippen LogP contribution < -0.4 is 0 Å². The molecule has 0 bridgehead atoms. The van der Waals surface area contributed by atoms with Crippen LogP contribution in [0.1, 0.15) is 26.7 Å². The summed E-state index contributed by atoms with van der Waals surface area (Å²) in [5.74, 6) is -2.83. The van der Waals surface area contributed by atoms with Gasteiger partial charge in [0.1, 0.15) is 0 Å². The lowest BCUT2D eigenvalue weighted by Gasteiger charge is -2.11. The minimum Gasteiger partial charge on any atom is -0.289 e. The summed E-state index contributed by atoms with van der Waals surface area (Å²) in [7, 11) is 0. The molecule has 9 heavy (non-hydrogen) atoms. The van der Waals surface area contributed by atoms with Gasteiger partial charge in [-0.25, -0.2) is 0 Å². The van der Waals surface area contributed by atoms with E-state index >= 15 is 0 Å². The van der Waals surface area contributed by atoms with Crippen LogP contribution in [0, 0.1) is 0 Å². The van der Waals surface area contributed by atoms with Gasteiger partial charge in [-0.2, -0.15) is 0 Å². The average Bonchev–Trinajstić information content (AvgIpc) is 1.65. The van der Waals surface area contributed by atoms with E-state index in [2.05, 4.69) is 0 Å². The molecule has 0 aromatic rings. The Morgan fingerprint density at radius 2 is 1.67 bits per heavy atom. The van der Waals surface area contributed by atoms with Crippen LogP contribution in [0.15, 0.2) is 0 Å². The normalized spacial score (nSPS) is 12.6. The van der Waals surface area contributed by atoms with Gasteiger partial charge >= 0.3 is 0 Å². The van der Waals surface area contributed by atoms with Crippen LogP contribution in [0.25, 0.3) is 0 Å². The van der Waals surface area contributed by atoms with Gasteiger partial charge in [-0.05, 0) is 35.3 Å². The SMILES string of the molecule is CCC(CC)P(=O)(Cl)Cl. The highest BCUT2D eigenvalue weighted by Gasteiger charge is 2.24. The van der Waals surface area contributed by atoms with Crippen molar-refractivity contribution in [2.45, 2.75) is 32.3 Å². The zero-order valence-corrected chi connectivity index (χ0v) is 8.01. The van der Waals surface area contributed by atoms with Crippen molar-refractivity contribution in [1.82, 2.24) is 0 Å². The highest BCUT2D eigenvalue weighted by atomic mass is 35.9. The van der Waals surface area contributed by atoms with Gasteiger partial charge in [-0.15, -0.1) is 0 Å². The number of hydrogen-bond acceptors (Lipinski definition) is 1. The Balaban J connectivity index is 3.96. The van der Waals surface area contributed by atoms with Crippen LogP contribution in [0.4, 0.5) is 0 Å². The molecule has 0 saturated heterocycles. The Kier molecular flexibility index (Phi) is 4.20. The third-order valence-electron chi connectivity index (χ3n) is 1.37. The van der Waals surface area contributed by atoms with Gasteiger partial charge in [0, 0.05) is 5.66 Å². The molecule has 0 heterocycles. The molecule has 0 N–H and O–H groups in total. The molecule has 0 aromatic heterocycles. The fourth-order valence-electron chi connectivity index (χ4n) is 0.714. The standard InChI is InChI=1S/C5H11Cl2OP/c1-3-5(4-2)9(6,7)8/h5H,3-4H2,1-2H3. The van der Waals surface area contributed by atoms with Crippen LogP contribution in [0.2, 0.25) is 0 Å². The maximum atomic E-state index is 10.9. The van der Waals surface area contributed by atoms with Crippen molar-refractivity contribution in [2.24, 2.45) is 0 Å². The van der Waals surface area contributed by atoms with Crippen molar-refractivity contribution in [1.29, 1.82) is 0 Å². The Labute approximate surface area is 65.7 Å². The molecule has 0 aliphatic rings. The lowest BCUT2D eigenvalue weighted by Crippen LogP contribution is -1.97. The summed E-state index contributed by atoms with van der Waals surface area (Å²) in [4.78, 5) is 0. The molecular formula is C5H11Cl2OP. The van der Waals surface area contributed by atoms with E-state index in [-0.39, 0.29) is 5.66 Å². The second kappa shape index (κ2) is 3.85. The summed E-state index contributed by atoms with van der Waals surface area (Å²) in [5.41, 5.74) is -0.0131. The summed E-state index contributed by atoms with van der Waals surface area (Å²) in [6.45, 7) is 3.87. The van der Waals surface area contributed by atoms with E-state index in [0.29, 0.717) is 0 Å². The third-order valence-corrected chi connectivity index (χ3v) is 4.60. The summed E-state index contributed by atoms with van der Waals surface area (Å²) in [6.07, 6.45) is 1.58. The number of halogens is 2. The quantitative estimate of drug-likeness (QED) is 0.616. The van der Waals surface area contributed by atoms with Gasteiger partial charge in [0.2, 0.25) is 0 Å². The number of hydrogen-bond donors (Lipinski definition) is 0. The first kappa shape index (κ1) is 9.81. The minimum absolute atomic E-state index is 0.0131. The van der Waals surface area contributed by atoms with E-state index in [1.807, 2.05) is 13.8 Å². The maximum Gasteiger partial charge on any atom is 0.256 e. The van der Waals surface area contributed by atoms with Crippen molar-refractivity contribution in [3.8, 4) is 0 Å². The first-order valence-electron chi connectivity index (χ1n) is 3.01. The molecule has 0 atom stereocenters. The zero-order chi connectivity index (χ0) is 7.49. The zero-order valence-electron chi connectivity index (χ0n) is 5.60. The van der Waals surface area contributed by atoms with Crippen molar-refractivity contribution in [3.63, 3.8) is 0 Å². The van der Waals surface area contributed by atoms with Crippen molar-refractivity contribution in [2.75, 3.05) is 0 Å². The molecule has 4 heteroatoms. The van der Waals surface area contributed by atoms with Crippen LogP contribution >= 0.6 is 28.3 Å². The molecule has 0 fully saturated rings. The summed E-state index contributed by atoms with van der Waals surface area (Å²) < 4.78 is 10.9. The van der Waals surface area contributed by atoms with Gasteiger partial charge in [-0.1, -0.05) is 13.8 Å². The van der Waals surface area contributed by atoms with E-state index in [9.17, 15) is 4.57 Å². The fourth-order valence-corrected chi connectivity index (χ4v) is 3.22. The van der Waals surface area contributed by atoms with E-state index in [4.69, 9.17) is 22.5 Å². The molecule has 0 aromatic carbocycles. The highest BCUT2D eigenvalue weighted by molar-refractivity contribution is 8.09. The second-order valence-corrected chi connectivity index (χ2v) is 7.24. The molecular weight excluding hydrogens is 178 g/mol. The Bertz CT molecular complexity index is 116. The molecule has 0 rings (SSSR count).